The molecule has 0 radical (unpaired) electrons. The highest BCUT2D eigenvalue weighted by Crippen LogP contribution is 2.40. The van der Waals surface area contributed by atoms with Gasteiger partial charge in [0.1, 0.15) is 0 Å². The fraction of sp³-hybridized carbons (Fsp3) is 0.625. The third-order valence-corrected chi connectivity index (χ3v) is 7.64. The average molecular weight is 478 g/mol. The number of amides is 3. The van der Waals surface area contributed by atoms with E-state index in [9.17, 15) is 22.8 Å². The molecule has 1 aromatic carbocycles. The van der Waals surface area contributed by atoms with Crippen LogP contribution in [0.15, 0.2) is 18.2 Å². The van der Waals surface area contributed by atoms with Crippen LogP contribution in [0.2, 0.25) is 0 Å². The molecule has 3 aliphatic rings. The van der Waals surface area contributed by atoms with E-state index < -0.39 is 29.1 Å². The SMILES string of the molecule is N#Cc1ccc(N2C[C@@H](C(N)=O)[C@H](C3CCN(C(=O)NC4CCCC4)CC3)C2)cc1C(F)(F)F. The van der Waals surface area contributed by atoms with E-state index in [0.717, 1.165) is 44.6 Å². The lowest BCUT2D eigenvalue weighted by Crippen LogP contribution is -2.48. The van der Waals surface area contributed by atoms with Gasteiger partial charge in [0.2, 0.25) is 5.91 Å². The summed E-state index contributed by atoms with van der Waals surface area (Å²) in [6, 6.07) is 5.45. The molecule has 7 nitrogen and oxygen atoms in total. The lowest BCUT2D eigenvalue weighted by Gasteiger charge is -2.36. The molecule has 34 heavy (non-hydrogen) atoms. The van der Waals surface area contributed by atoms with Crippen molar-refractivity contribution in [1.82, 2.24) is 10.2 Å². The molecule has 2 saturated heterocycles. The molecule has 1 aromatic rings. The first-order valence-electron chi connectivity index (χ1n) is 11.9. The minimum Gasteiger partial charge on any atom is -0.370 e. The van der Waals surface area contributed by atoms with Gasteiger partial charge in [0, 0.05) is 37.9 Å². The summed E-state index contributed by atoms with van der Waals surface area (Å²) in [5.74, 6) is -0.881. The molecule has 0 bridgehead atoms. The maximum absolute atomic E-state index is 13.4. The molecule has 0 unspecified atom stereocenters. The number of anilines is 1. The number of carbonyl (C=O) groups is 2. The van der Waals surface area contributed by atoms with Crippen molar-refractivity contribution in [2.75, 3.05) is 31.1 Å². The second-order valence-electron chi connectivity index (χ2n) is 9.67. The molecule has 184 valence electrons. The van der Waals surface area contributed by atoms with Gasteiger partial charge in [-0.2, -0.15) is 18.4 Å². The van der Waals surface area contributed by atoms with Crippen molar-refractivity contribution in [3.8, 4) is 6.07 Å². The Labute approximate surface area is 197 Å². The summed E-state index contributed by atoms with van der Waals surface area (Å²) < 4.78 is 40.3. The van der Waals surface area contributed by atoms with Gasteiger partial charge in [0.25, 0.3) is 0 Å². The summed E-state index contributed by atoms with van der Waals surface area (Å²) in [4.78, 5) is 28.4. The number of primary amides is 1. The number of urea groups is 1. The molecular weight excluding hydrogens is 447 g/mol. The highest BCUT2D eigenvalue weighted by atomic mass is 19.4. The van der Waals surface area contributed by atoms with E-state index in [1.807, 2.05) is 4.90 Å². The molecule has 4 rings (SSSR count). The van der Waals surface area contributed by atoms with Crippen LogP contribution < -0.4 is 16.0 Å². The van der Waals surface area contributed by atoms with Crippen LogP contribution in [-0.4, -0.2) is 49.1 Å². The molecule has 0 aromatic heterocycles. The summed E-state index contributed by atoms with van der Waals surface area (Å²) in [5.41, 5.74) is 4.60. The molecular formula is C24H30F3N5O2. The number of carbonyl (C=O) groups excluding carboxylic acids is 2. The number of nitrogens with zero attached hydrogens (tertiary/aromatic N) is 3. The van der Waals surface area contributed by atoms with Gasteiger partial charge < -0.3 is 20.9 Å². The van der Waals surface area contributed by atoms with Gasteiger partial charge in [0.15, 0.2) is 0 Å². The number of halogens is 3. The summed E-state index contributed by atoms with van der Waals surface area (Å²) >= 11 is 0. The van der Waals surface area contributed by atoms with E-state index in [4.69, 9.17) is 11.0 Å². The zero-order chi connectivity index (χ0) is 24.5. The summed E-state index contributed by atoms with van der Waals surface area (Å²) in [6.07, 6.45) is 1.13. The summed E-state index contributed by atoms with van der Waals surface area (Å²) in [5, 5.41) is 12.2. The number of hydrogen-bond donors (Lipinski definition) is 2. The van der Waals surface area contributed by atoms with E-state index in [-0.39, 0.29) is 30.5 Å². The average Bonchev–Trinajstić information content (AvgIpc) is 3.48. The largest absolute Gasteiger partial charge is 0.417 e. The zero-order valence-corrected chi connectivity index (χ0v) is 19.0. The Kier molecular flexibility index (Phi) is 6.91. The van der Waals surface area contributed by atoms with Crippen LogP contribution in [0.25, 0.3) is 0 Å². The van der Waals surface area contributed by atoms with Gasteiger partial charge >= 0.3 is 12.2 Å². The highest BCUT2D eigenvalue weighted by molar-refractivity contribution is 5.79. The Bertz CT molecular complexity index is 962. The number of piperidine rings is 1. The van der Waals surface area contributed by atoms with E-state index in [0.29, 0.717) is 25.3 Å². The third-order valence-electron chi connectivity index (χ3n) is 7.64. The molecule has 2 heterocycles. The maximum Gasteiger partial charge on any atom is 0.417 e. The minimum absolute atomic E-state index is 0.0397. The topological polar surface area (TPSA) is 102 Å². The molecule has 3 amide bonds. The van der Waals surface area contributed by atoms with Crippen molar-refractivity contribution >= 4 is 17.6 Å². The monoisotopic (exact) mass is 477 g/mol. The quantitative estimate of drug-likeness (QED) is 0.693. The molecule has 0 spiro atoms. The van der Waals surface area contributed by atoms with Crippen molar-refractivity contribution in [1.29, 1.82) is 5.26 Å². The second kappa shape index (κ2) is 9.72. The van der Waals surface area contributed by atoms with Crippen molar-refractivity contribution in [3.05, 3.63) is 29.3 Å². The molecule has 1 saturated carbocycles. The summed E-state index contributed by atoms with van der Waals surface area (Å²) in [6.45, 7) is 1.82. The van der Waals surface area contributed by atoms with Crippen LogP contribution in [0.1, 0.15) is 49.7 Å². The number of hydrogen-bond acceptors (Lipinski definition) is 4. The number of nitriles is 1. The first-order chi connectivity index (χ1) is 16.2. The normalized spacial score (nSPS) is 24.3. The van der Waals surface area contributed by atoms with Gasteiger partial charge in [-0.25, -0.2) is 4.79 Å². The minimum atomic E-state index is -4.64. The molecule has 3 fully saturated rings. The third kappa shape index (κ3) is 5.08. The van der Waals surface area contributed by atoms with Gasteiger partial charge in [0.05, 0.1) is 23.1 Å². The number of nitrogens with two attached hydrogens (primary N) is 1. The standard InChI is InChI=1S/C24H30F3N5O2/c25-24(26,27)21-11-18(6-5-16(21)12-28)32-13-19(20(14-32)22(29)33)15-7-9-31(10-8-15)23(34)30-17-3-1-2-4-17/h5-6,11,15,17,19-20H,1-4,7-10,13-14H2,(H2,29,33)(H,30,34)/t19-,20+/m0/s1. The Morgan fingerprint density at radius 1 is 1.09 bits per heavy atom. The second-order valence-corrected chi connectivity index (χ2v) is 9.67. The number of benzene rings is 1. The fourth-order valence-electron chi connectivity index (χ4n) is 5.75. The molecule has 1 aliphatic carbocycles. The number of nitrogens with one attached hydrogen (secondary N) is 1. The van der Waals surface area contributed by atoms with Crippen LogP contribution in [0.4, 0.5) is 23.7 Å². The Morgan fingerprint density at radius 2 is 1.76 bits per heavy atom. The van der Waals surface area contributed by atoms with Gasteiger partial charge in [-0.1, -0.05) is 12.8 Å². The van der Waals surface area contributed by atoms with Crippen LogP contribution in [0.3, 0.4) is 0 Å². The van der Waals surface area contributed by atoms with Gasteiger partial charge in [-0.05, 0) is 55.7 Å². The Balaban J connectivity index is 1.43. The molecule has 2 aliphatic heterocycles. The number of rotatable bonds is 4. The predicted octanol–water partition coefficient (Wildman–Crippen LogP) is 3.48. The summed E-state index contributed by atoms with van der Waals surface area (Å²) in [7, 11) is 0. The van der Waals surface area contributed by atoms with E-state index in [2.05, 4.69) is 5.32 Å². The lowest BCUT2D eigenvalue weighted by atomic mass is 9.78. The smallest absolute Gasteiger partial charge is 0.370 e. The van der Waals surface area contributed by atoms with Crippen LogP contribution in [0.5, 0.6) is 0 Å². The first-order valence-corrected chi connectivity index (χ1v) is 11.9. The van der Waals surface area contributed by atoms with Crippen molar-refractivity contribution in [2.24, 2.45) is 23.5 Å². The Hall–Kier alpha value is -2.96. The van der Waals surface area contributed by atoms with Crippen molar-refractivity contribution in [2.45, 2.75) is 50.7 Å². The Morgan fingerprint density at radius 3 is 2.35 bits per heavy atom. The maximum atomic E-state index is 13.4. The lowest BCUT2D eigenvalue weighted by molar-refractivity contribution is -0.137. The predicted molar refractivity (Wildman–Crippen MR) is 120 cm³/mol. The van der Waals surface area contributed by atoms with E-state index in [1.165, 1.54) is 12.1 Å². The van der Waals surface area contributed by atoms with Gasteiger partial charge in [-0.3, -0.25) is 4.79 Å². The fourth-order valence-corrected chi connectivity index (χ4v) is 5.75. The van der Waals surface area contributed by atoms with Gasteiger partial charge in [-0.15, -0.1) is 0 Å². The molecule has 2 atom stereocenters. The van der Waals surface area contributed by atoms with Crippen LogP contribution in [-0.2, 0) is 11.0 Å². The van der Waals surface area contributed by atoms with Crippen LogP contribution in [0, 0.1) is 29.1 Å². The highest BCUT2D eigenvalue weighted by Gasteiger charge is 2.43. The molecule has 10 heteroatoms. The first kappa shape index (κ1) is 24.2. The van der Waals surface area contributed by atoms with E-state index in [1.54, 1.807) is 11.0 Å². The van der Waals surface area contributed by atoms with Crippen LogP contribution >= 0.6 is 0 Å². The van der Waals surface area contributed by atoms with Crippen molar-refractivity contribution < 1.29 is 22.8 Å². The number of alkyl halides is 3. The van der Waals surface area contributed by atoms with Crippen molar-refractivity contribution in [3.63, 3.8) is 0 Å². The van der Waals surface area contributed by atoms with E-state index >= 15 is 0 Å². The zero-order valence-electron chi connectivity index (χ0n) is 19.0. The number of likely N-dealkylation sites (tertiary alicyclic amines) is 1. The molecule has 3 N–H and O–H groups in total.